The van der Waals surface area contributed by atoms with Gasteiger partial charge in [0.05, 0.1) is 6.10 Å². The van der Waals surface area contributed by atoms with E-state index >= 15 is 0 Å². The molecule has 1 fully saturated rings. The van der Waals surface area contributed by atoms with E-state index in [1.165, 1.54) is 11.1 Å². The van der Waals surface area contributed by atoms with Crippen LogP contribution < -0.4 is 10.6 Å². The molecule has 144 valence electrons. The molecular weight excluding hydrogens is 326 g/mol. The molecule has 1 saturated heterocycles. The molecule has 26 heavy (non-hydrogen) atoms. The normalized spacial score (nSPS) is 21.9. The summed E-state index contributed by atoms with van der Waals surface area (Å²) < 4.78 is 5.58. The van der Waals surface area contributed by atoms with E-state index in [4.69, 9.17) is 4.74 Å². The van der Waals surface area contributed by atoms with Crippen molar-refractivity contribution in [3.05, 3.63) is 35.4 Å². The Morgan fingerprint density at radius 2 is 2.08 bits per heavy atom. The van der Waals surface area contributed by atoms with Crippen molar-refractivity contribution in [3.8, 4) is 0 Å². The summed E-state index contributed by atoms with van der Waals surface area (Å²) >= 11 is 0. The Morgan fingerprint density at radius 3 is 2.77 bits per heavy atom. The standard InChI is InChI=1S/C21H33N3O2/c1-21(2,3)19(23-20(25)22-13-18-9-6-12-26-18)15-24-11-10-16-7-4-5-8-17(16)14-24/h4-5,7-8,18-19H,6,9-15H2,1-3H3,(H2,22,23,25)/t18-,19-/m0/s1. The van der Waals surface area contributed by atoms with E-state index in [-0.39, 0.29) is 23.6 Å². The second-order valence-corrected chi connectivity index (χ2v) is 8.66. The predicted molar refractivity (Wildman–Crippen MR) is 104 cm³/mol. The van der Waals surface area contributed by atoms with E-state index < -0.39 is 0 Å². The smallest absolute Gasteiger partial charge is 0.315 e. The summed E-state index contributed by atoms with van der Waals surface area (Å²) in [7, 11) is 0. The van der Waals surface area contributed by atoms with Gasteiger partial charge in [-0.05, 0) is 35.8 Å². The number of amides is 2. The van der Waals surface area contributed by atoms with Gasteiger partial charge in [0.15, 0.2) is 0 Å². The van der Waals surface area contributed by atoms with Crippen molar-refractivity contribution in [1.29, 1.82) is 0 Å². The highest BCUT2D eigenvalue weighted by Gasteiger charge is 2.29. The Morgan fingerprint density at radius 1 is 1.31 bits per heavy atom. The van der Waals surface area contributed by atoms with E-state index in [2.05, 4.69) is 60.6 Å². The Labute approximate surface area is 157 Å². The van der Waals surface area contributed by atoms with E-state index in [0.717, 1.165) is 45.5 Å². The third kappa shape index (κ3) is 5.21. The van der Waals surface area contributed by atoms with Crippen LogP contribution >= 0.6 is 0 Å². The first kappa shape index (κ1) is 19.2. The number of nitrogens with one attached hydrogen (secondary N) is 2. The predicted octanol–water partition coefficient (Wildman–Crippen LogP) is 2.94. The minimum atomic E-state index is -0.0853. The van der Waals surface area contributed by atoms with Gasteiger partial charge in [0.25, 0.3) is 0 Å². The molecule has 0 aromatic heterocycles. The van der Waals surface area contributed by atoms with E-state index in [0.29, 0.717) is 6.54 Å². The third-order valence-corrected chi connectivity index (χ3v) is 5.52. The van der Waals surface area contributed by atoms with Crippen molar-refractivity contribution in [2.45, 2.75) is 58.7 Å². The molecule has 2 aliphatic heterocycles. The molecule has 0 radical (unpaired) electrons. The number of benzene rings is 1. The number of hydrogen-bond acceptors (Lipinski definition) is 3. The number of nitrogens with zero attached hydrogens (tertiary/aromatic N) is 1. The van der Waals surface area contributed by atoms with Crippen molar-refractivity contribution >= 4 is 6.03 Å². The number of fused-ring (bicyclic) bond motifs is 1. The molecule has 3 rings (SSSR count). The lowest BCUT2D eigenvalue weighted by Gasteiger charge is -2.38. The lowest BCUT2D eigenvalue weighted by Crippen LogP contribution is -2.54. The quantitative estimate of drug-likeness (QED) is 0.850. The van der Waals surface area contributed by atoms with Gasteiger partial charge >= 0.3 is 6.03 Å². The molecular formula is C21H33N3O2. The highest BCUT2D eigenvalue weighted by atomic mass is 16.5. The Balaban J connectivity index is 1.54. The minimum Gasteiger partial charge on any atom is -0.376 e. The first-order chi connectivity index (χ1) is 12.4. The highest BCUT2D eigenvalue weighted by molar-refractivity contribution is 5.74. The van der Waals surface area contributed by atoms with Gasteiger partial charge in [-0.2, -0.15) is 0 Å². The number of hydrogen-bond donors (Lipinski definition) is 2. The molecule has 2 amide bonds. The maximum absolute atomic E-state index is 12.4. The van der Waals surface area contributed by atoms with Crippen molar-refractivity contribution in [2.24, 2.45) is 5.41 Å². The highest BCUT2D eigenvalue weighted by Crippen LogP contribution is 2.24. The molecule has 0 spiro atoms. The molecule has 2 heterocycles. The van der Waals surface area contributed by atoms with Crippen LogP contribution in [-0.2, 0) is 17.7 Å². The fraction of sp³-hybridized carbons (Fsp3) is 0.667. The van der Waals surface area contributed by atoms with Crippen molar-refractivity contribution in [3.63, 3.8) is 0 Å². The van der Waals surface area contributed by atoms with Crippen LogP contribution in [0.5, 0.6) is 0 Å². The largest absolute Gasteiger partial charge is 0.376 e. The van der Waals surface area contributed by atoms with Gasteiger partial charge in [-0.3, -0.25) is 4.90 Å². The van der Waals surface area contributed by atoms with Crippen molar-refractivity contribution in [2.75, 3.05) is 26.2 Å². The number of carbonyl (C=O) groups excluding carboxylic acids is 1. The average molecular weight is 360 g/mol. The molecule has 0 bridgehead atoms. The summed E-state index contributed by atoms with van der Waals surface area (Å²) in [5, 5.41) is 6.19. The van der Waals surface area contributed by atoms with Crippen LogP contribution in [0.4, 0.5) is 4.79 Å². The number of carbonyl (C=O) groups is 1. The molecule has 0 aliphatic carbocycles. The third-order valence-electron chi connectivity index (χ3n) is 5.52. The molecule has 2 N–H and O–H groups in total. The Bertz CT molecular complexity index is 606. The van der Waals surface area contributed by atoms with E-state index in [9.17, 15) is 4.79 Å². The molecule has 5 heteroatoms. The van der Waals surface area contributed by atoms with Crippen LogP contribution in [0.3, 0.4) is 0 Å². The number of rotatable bonds is 5. The van der Waals surface area contributed by atoms with Gasteiger partial charge in [0.2, 0.25) is 0 Å². The summed E-state index contributed by atoms with van der Waals surface area (Å²) in [6.45, 7) is 10.9. The van der Waals surface area contributed by atoms with Crippen LogP contribution in [0.2, 0.25) is 0 Å². The van der Waals surface area contributed by atoms with Gasteiger partial charge < -0.3 is 15.4 Å². The summed E-state index contributed by atoms with van der Waals surface area (Å²) in [6, 6.07) is 8.68. The van der Waals surface area contributed by atoms with Gasteiger partial charge in [-0.25, -0.2) is 4.79 Å². The van der Waals surface area contributed by atoms with Gasteiger partial charge in [0.1, 0.15) is 0 Å². The van der Waals surface area contributed by atoms with Crippen molar-refractivity contribution in [1.82, 2.24) is 15.5 Å². The Kier molecular flexibility index (Phi) is 6.20. The fourth-order valence-electron chi connectivity index (χ4n) is 3.73. The summed E-state index contributed by atoms with van der Waals surface area (Å²) in [6.07, 6.45) is 3.39. The second-order valence-electron chi connectivity index (χ2n) is 8.66. The monoisotopic (exact) mass is 359 g/mol. The average Bonchev–Trinajstić information content (AvgIpc) is 3.12. The van der Waals surface area contributed by atoms with E-state index in [1.807, 2.05) is 0 Å². The maximum atomic E-state index is 12.4. The minimum absolute atomic E-state index is 0.00182. The summed E-state index contributed by atoms with van der Waals surface area (Å²) in [5.74, 6) is 0. The molecule has 2 aliphatic rings. The molecule has 1 aromatic rings. The zero-order valence-electron chi connectivity index (χ0n) is 16.4. The lowest BCUT2D eigenvalue weighted by atomic mass is 9.86. The first-order valence-electron chi connectivity index (χ1n) is 9.87. The zero-order chi connectivity index (χ0) is 18.6. The SMILES string of the molecule is CC(C)(C)[C@H](CN1CCc2ccccc2C1)NC(=O)NC[C@@H]1CCCO1. The first-order valence-corrected chi connectivity index (χ1v) is 9.87. The van der Waals surface area contributed by atoms with Crippen LogP contribution in [0.25, 0.3) is 0 Å². The molecule has 2 atom stereocenters. The molecule has 5 nitrogen and oxygen atoms in total. The lowest BCUT2D eigenvalue weighted by molar-refractivity contribution is 0.110. The zero-order valence-corrected chi connectivity index (χ0v) is 16.4. The van der Waals surface area contributed by atoms with Crippen LogP contribution in [0.1, 0.15) is 44.7 Å². The van der Waals surface area contributed by atoms with Crippen LogP contribution in [-0.4, -0.2) is 49.3 Å². The topological polar surface area (TPSA) is 53.6 Å². The van der Waals surface area contributed by atoms with Crippen LogP contribution in [0, 0.1) is 5.41 Å². The van der Waals surface area contributed by atoms with Crippen LogP contribution in [0.15, 0.2) is 24.3 Å². The molecule has 0 saturated carbocycles. The summed E-state index contributed by atoms with van der Waals surface area (Å²) in [4.78, 5) is 14.9. The number of urea groups is 1. The van der Waals surface area contributed by atoms with Gasteiger partial charge in [-0.15, -0.1) is 0 Å². The number of ether oxygens (including phenoxy) is 1. The maximum Gasteiger partial charge on any atom is 0.315 e. The van der Waals surface area contributed by atoms with Gasteiger partial charge in [-0.1, -0.05) is 45.0 Å². The van der Waals surface area contributed by atoms with Gasteiger partial charge in [0, 0.05) is 38.8 Å². The van der Waals surface area contributed by atoms with E-state index in [1.54, 1.807) is 0 Å². The summed E-state index contributed by atoms with van der Waals surface area (Å²) in [5.41, 5.74) is 2.87. The fourth-order valence-corrected chi connectivity index (χ4v) is 3.73. The molecule has 0 unspecified atom stereocenters. The second kappa shape index (κ2) is 8.40. The Hall–Kier alpha value is -1.59. The van der Waals surface area contributed by atoms with Crippen molar-refractivity contribution < 1.29 is 9.53 Å². The molecule has 1 aromatic carbocycles.